The van der Waals surface area contributed by atoms with Gasteiger partial charge in [0.15, 0.2) is 0 Å². The fraction of sp³-hybridized carbons (Fsp3) is 0.800. The van der Waals surface area contributed by atoms with E-state index in [0.29, 0.717) is 4.57 Å². The summed E-state index contributed by atoms with van der Waals surface area (Å²) in [4.78, 5) is 10.5. The average Bonchev–Trinajstić information content (AvgIpc) is 1.69. The van der Waals surface area contributed by atoms with Gasteiger partial charge < -0.3 is 0 Å². The third-order valence-electron chi connectivity index (χ3n) is 1.15. The summed E-state index contributed by atoms with van der Waals surface area (Å²) in [7, 11) is 0. The van der Waals surface area contributed by atoms with Gasteiger partial charge in [-0.25, -0.2) is 0 Å². The van der Waals surface area contributed by atoms with Gasteiger partial charge in [-0.1, -0.05) is 0 Å². The quantitative estimate of drug-likeness (QED) is 0.473. The maximum atomic E-state index is 10.5. The van der Waals surface area contributed by atoms with Crippen LogP contribution in [0.3, 0.4) is 0 Å². The van der Waals surface area contributed by atoms with Gasteiger partial charge in [0.2, 0.25) is 0 Å². The van der Waals surface area contributed by atoms with E-state index in [2.05, 4.69) is 0 Å². The van der Waals surface area contributed by atoms with Crippen LogP contribution >= 0.6 is 0 Å². The van der Waals surface area contributed by atoms with Crippen molar-refractivity contribution in [3.63, 3.8) is 0 Å². The molecule has 0 spiro atoms. The first kappa shape index (κ1) is 5.37. The van der Waals surface area contributed by atoms with Gasteiger partial charge in [-0.2, -0.15) is 0 Å². The van der Waals surface area contributed by atoms with E-state index in [-0.39, 0.29) is 15.8 Å². The zero-order chi connectivity index (χ0) is 5.11. The van der Waals surface area contributed by atoms with Gasteiger partial charge in [0.1, 0.15) is 0 Å². The molecule has 1 nitrogen and oxygen atoms in total. The van der Waals surface area contributed by atoms with Gasteiger partial charge in [0, 0.05) is 0 Å². The first-order chi connectivity index (χ1) is 3.39. The average molecular weight is 160 g/mol. The first-order valence-electron chi connectivity index (χ1n) is 2.66. The Bertz CT molecular complexity index is 72.1. The van der Waals surface area contributed by atoms with E-state index in [1.165, 1.54) is 18.1 Å². The van der Waals surface area contributed by atoms with Crippen molar-refractivity contribution in [3.05, 3.63) is 0 Å². The Labute approximate surface area is 50.2 Å². The molecule has 0 aromatic carbocycles. The van der Waals surface area contributed by atoms with E-state index in [1.54, 1.807) is 0 Å². The summed E-state index contributed by atoms with van der Waals surface area (Å²) >= 11 is -0.101. The molecule has 1 unspecified atom stereocenters. The molecule has 0 N–H and O–H groups in total. The molecule has 0 aromatic heterocycles. The Hall–Kier alpha value is 0.228. The van der Waals surface area contributed by atoms with Crippen LogP contribution in [0.2, 0.25) is 5.21 Å². The molecule has 0 radical (unpaired) electrons. The van der Waals surface area contributed by atoms with Gasteiger partial charge in [-0.15, -0.1) is 0 Å². The summed E-state index contributed by atoms with van der Waals surface area (Å²) < 4.78 is 0.589. The fourth-order valence-corrected chi connectivity index (χ4v) is 2.95. The van der Waals surface area contributed by atoms with Crippen molar-refractivity contribution in [1.29, 1.82) is 0 Å². The molecule has 1 saturated heterocycles. The standard InChI is InChI=1S/C5H9AsO/c7-5-3-1-2-4-6-5/h6H,1-4H2. The predicted octanol–water partition coefficient (Wildman–Crippen LogP) is 0.552. The van der Waals surface area contributed by atoms with Crippen LogP contribution in [0, 0.1) is 0 Å². The summed E-state index contributed by atoms with van der Waals surface area (Å²) in [6.07, 6.45) is 3.40. The van der Waals surface area contributed by atoms with Crippen molar-refractivity contribution in [2.24, 2.45) is 0 Å². The van der Waals surface area contributed by atoms with Crippen LogP contribution in [0.4, 0.5) is 0 Å². The van der Waals surface area contributed by atoms with Gasteiger partial charge in [-0.05, 0) is 0 Å². The second-order valence-corrected chi connectivity index (χ2v) is 4.77. The Morgan fingerprint density at radius 2 is 2.29 bits per heavy atom. The summed E-state index contributed by atoms with van der Waals surface area (Å²) in [5.74, 6) is 0. The molecule has 0 amide bonds. The van der Waals surface area contributed by atoms with Crippen molar-refractivity contribution in [2.75, 3.05) is 0 Å². The van der Waals surface area contributed by atoms with E-state index >= 15 is 0 Å². The Kier molecular flexibility index (Phi) is 1.93. The Morgan fingerprint density at radius 1 is 1.43 bits per heavy atom. The van der Waals surface area contributed by atoms with Gasteiger partial charge in [-0.3, -0.25) is 0 Å². The zero-order valence-corrected chi connectivity index (χ0v) is 6.33. The first-order valence-corrected chi connectivity index (χ1v) is 5.19. The molecule has 0 saturated carbocycles. The van der Waals surface area contributed by atoms with Crippen molar-refractivity contribution in [3.8, 4) is 0 Å². The molecular weight excluding hydrogens is 151 g/mol. The number of rotatable bonds is 0. The van der Waals surface area contributed by atoms with Crippen molar-refractivity contribution >= 4 is 20.3 Å². The summed E-state index contributed by atoms with van der Waals surface area (Å²) in [5.41, 5.74) is 0. The molecular formula is C5H9AsO. The molecule has 0 bridgehead atoms. The molecule has 1 heterocycles. The molecule has 0 aromatic rings. The topological polar surface area (TPSA) is 17.1 Å². The van der Waals surface area contributed by atoms with Gasteiger partial charge in [0.25, 0.3) is 0 Å². The Balaban J connectivity index is 2.25. The van der Waals surface area contributed by atoms with Gasteiger partial charge in [0.05, 0.1) is 0 Å². The number of carbonyl (C=O) groups excluding carboxylic acids is 1. The Morgan fingerprint density at radius 3 is 2.57 bits per heavy atom. The zero-order valence-electron chi connectivity index (χ0n) is 4.24. The van der Waals surface area contributed by atoms with Gasteiger partial charge >= 0.3 is 49.6 Å². The predicted molar refractivity (Wildman–Crippen MR) is 30.8 cm³/mol. The SMILES string of the molecule is O=C1CCCC[AsH]1. The molecule has 7 heavy (non-hydrogen) atoms. The third-order valence-corrected chi connectivity index (χ3v) is 3.77. The molecule has 2 heteroatoms. The molecule has 1 atom stereocenters. The van der Waals surface area contributed by atoms with E-state index in [9.17, 15) is 4.79 Å². The van der Waals surface area contributed by atoms with Crippen molar-refractivity contribution in [2.45, 2.75) is 24.5 Å². The van der Waals surface area contributed by atoms with Crippen LogP contribution in [-0.4, -0.2) is 20.3 Å². The minimum absolute atomic E-state index is 0.101. The molecule has 1 aliphatic heterocycles. The number of hydrogen-bond acceptors (Lipinski definition) is 1. The second-order valence-electron chi connectivity index (χ2n) is 1.81. The maximum absolute atomic E-state index is 10.5. The van der Waals surface area contributed by atoms with Crippen molar-refractivity contribution < 1.29 is 4.79 Å². The van der Waals surface area contributed by atoms with Crippen LogP contribution in [0.5, 0.6) is 0 Å². The summed E-state index contributed by atoms with van der Waals surface area (Å²) in [6.45, 7) is 0. The van der Waals surface area contributed by atoms with E-state index in [1.807, 2.05) is 0 Å². The van der Waals surface area contributed by atoms with Crippen molar-refractivity contribution in [1.82, 2.24) is 0 Å². The molecule has 1 rings (SSSR count). The molecule has 1 aliphatic rings. The monoisotopic (exact) mass is 160 g/mol. The van der Waals surface area contributed by atoms with Crippen LogP contribution < -0.4 is 0 Å². The number of carbonyl (C=O) groups is 1. The minimum atomic E-state index is -0.101. The van der Waals surface area contributed by atoms with E-state index < -0.39 is 0 Å². The summed E-state index contributed by atoms with van der Waals surface area (Å²) in [5, 5.41) is 1.26. The summed E-state index contributed by atoms with van der Waals surface area (Å²) in [6, 6.07) is 0. The molecule has 40 valence electrons. The number of hydrogen-bond donors (Lipinski definition) is 0. The van der Waals surface area contributed by atoms with E-state index in [0.717, 1.165) is 6.42 Å². The van der Waals surface area contributed by atoms with Crippen LogP contribution in [0.15, 0.2) is 0 Å². The van der Waals surface area contributed by atoms with Crippen LogP contribution in [-0.2, 0) is 4.79 Å². The van der Waals surface area contributed by atoms with Crippen LogP contribution in [0.25, 0.3) is 0 Å². The normalized spacial score (nSPS) is 26.0. The molecule has 0 aliphatic carbocycles. The van der Waals surface area contributed by atoms with Crippen LogP contribution in [0.1, 0.15) is 19.3 Å². The third kappa shape index (κ3) is 1.64. The van der Waals surface area contributed by atoms with E-state index in [4.69, 9.17) is 0 Å². The molecule has 1 fully saturated rings. The second kappa shape index (κ2) is 2.51. The fourth-order valence-electron chi connectivity index (χ4n) is 0.727.